The normalized spacial score (nSPS) is 11.4. The largest absolute Gasteiger partial charge is 0.480 e. The topological polar surface area (TPSA) is 79.7 Å². The number of carboxylic acids is 1. The lowest BCUT2D eigenvalue weighted by atomic mass is 10.0. The molecule has 1 rings (SSSR count). The number of ether oxygens (including phenoxy) is 1. The fraction of sp³-hybridized carbons (Fsp3) is 0.583. The summed E-state index contributed by atoms with van der Waals surface area (Å²) in [5, 5.41) is 9.84. The highest BCUT2D eigenvalue weighted by molar-refractivity contribution is 7.13. The number of carbonyl (C=O) groups is 2. The molecule has 1 N–H and O–H groups in total. The molecule has 106 valence electrons. The van der Waals surface area contributed by atoms with E-state index in [1.165, 1.54) is 37.1 Å². The van der Waals surface area contributed by atoms with Crippen molar-refractivity contribution in [2.24, 2.45) is 0 Å². The number of hydrogen-bond acceptors (Lipinski definition) is 5. The molecule has 0 aliphatic rings. The quantitative estimate of drug-likeness (QED) is 0.888. The lowest BCUT2D eigenvalue weighted by molar-refractivity contribution is -0.147. The Morgan fingerprint density at radius 2 is 2.05 bits per heavy atom. The number of thiazole rings is 1. The van der Waals surface area contributed by atoms with Crippen LogP contribution in [-0.4, -0.2) is 46.6 Å². The first-order valence-corrected chi connectivity index (χ1v) is 6.50. The Morgan fingerprint density at radius 3 is 2.53 bits per heavy atom. The average Bonchev–Trinajstić information content (AvgIpc) is 2.68. The highest BCUT2D eigenvalue weighted by atomic mass is 32.1. The van der Waals surface area contributed by atoms with Crippen LogP contribution in [0.5, 0.6) is 0 Å². The predicted molar refractivity (Wildman–Crippen MR) is 71.4 cm³/mol. The second kappa shape index (κ2) is 5.66. The first-order valence-electron chi connectivity index (χ1n) is 5.68. The van der Waals surface area contributed by atoms with Gasteiger partial charge < -0.3 is 14.7 Å². The fourth-order valence-corrected chi connectivity index (χ4v) is 2.40. The number of carbonyl (C=O) groups excluding carboxylic acids is 1. The van der Waals surface area contributed by atoms with E-state index in [9.17, 15) is 9.59 Å². The summed E-state index contributed by atoms with van der Waals surface area (Å²) in [6.07, 6.45) is 0. The summed E-state index contributed by atoms with van der Waals surface area (Å²) >= 11 is 1.23. The van der Waals surface area contributed by atoms with Gasteiger partial charge in [-0.2, -0.15) is 0 Å². The Kier molecular flexibility index (Phi) is 4.65. The average molecular weight is 286 g/mol. The van der Waals surface area contributed by atoms with Crippen LogP contribution in [-0.2, 0) is 16.1 Å². The molecule has 0 aliphatic heterocycles. The highest BCUT2D eigenvalue weighted by Gasteiger charge is 2.36. The van der Waals surface area contributed by atoms with Gasteiger partial charge in [-0.3, -0.25) is 4.79 Å². The molecule has 0 saturated carbocycles. The molecule has 0 atom stereocenters. The van der Waals surface area contributed by atoms with E-state index < -0.39 is 11.5 Å². The van der Waals surface area contributed by atoms with E-state index in [0.29, 0.717) is 22.2 Å². The van der Waals surface area contributed by atoms with E-state index in [0.717, 1.165) is 0 Å². The molecular formula is C12H18N2O4S. The number of nitrogens with zero attached hydrogens (tertiary/aromatic N) is 2. The summed E-state index contributed by atoms with van der Waals surface area (Å²) in [6.45, 7) is 5.04. The van der Waals surface area contributed by atoms with Gasteiger partial charge in [0.2, 0.25) is 0 Å². The van der Waals surface area contributed by atoms with Gasteiger partial charge in [0.1, 0.15) is 15.4 Å². The monoisotopic (exact) mass is 286 g/mol. The maximum atomic E-state index is 12.3. The molecule has 0 radical (unpaired) electrons. The number of aryl methyl sites for hydroxylation is 1. The molecule has 6 nitrogen and oxygen atoms in total. The van der Waals surface area contributed by atoms with Crippen LogP contribution in [0.4, 0.5) is 0 Å². The molecule has 1 amide bonds. The molecule has 1 aromatic rings. The Balaban J connectivity index is 3.03. The summed E-state index contributed by atoms with van der Waals surface area (Å²) in [5.74, 6) is -1.40. The van der Waals surface area contributed by atoms with Crippen LogP contribution < -0.4 is 0 Å². The van der Waals surface area contributed by atoms with Crippen LogP contribution in [0.2, 0.25) is 0 Å². The zero-order valence-electron chi connectivity index (χ0n) is 11.7. The van der Waals surface area contributed by atoms with E-state index >= 15 is 0 Å². The van der Waals surface area contributed by atoms with Gasteiger partial charge in [0.05, 0.1) is 12.3 Å². The van der Waals surface area contributed by atoms with Crippen LogP contribution in [0.15, 0.2) is 0 Å². The second-order valence-electron chi connectivity index (χ2n) is 4.68. The van der Waals surface area contributed by atoms with Crippen molar-refractivity contribution in [3.05, 3.63) is 15.6 Å². The van der Waals surface area contributed by atoms with Crippen molar-refractivity contribution in [1.29, 1.82) is 0 Å². The number of aliphatic carboxylic acids is 1. The van der Waals surface area contributed by atoms with E-state index in [2.05, 4.69) is 4.98 Å². The van der Waals surface area contributed by atoms with Crippen molar-refractivity contribution in [3.8, 4) is 0 Å². The zero-order valence-corrected chi connectivity index (χ0v) is 12.5. The van der Waals surface area contributed by atoms with Gasteiger partial charge in [-0.25, -0.2) is 9.78 Å². The molecule has 7 heteroatoms. The van der Waals surface area contributed by atoms with Crippen LogP contribution >= 0.6 is 11.3 Å². The maximum absolute atomic E-state index is 12.3. The molecule has 1 heterocycles. The van der Waals surface area contributed by atoms with E-state index in [-0.39, 0.29) is 5.91 Å². The van der Waals surface area contributed by atoms with Crippen LogP contribution in [0.3, 0.4) is 0 Å². The summed E-state index contributed by atoms with van der Waals surface area (Å²) < 4.78 is 4.97. The molecule has 1 aromatic heterocycles. The Bertz CT molecular complexity index is 496. The van der Waals surface area contributed by atoms with E-state index in [1.54, 1.807) is 14.0 Å². The van der Waals surface area contributed by atoms with Crippen molar-refractivity contribution in [2.75, 3.05) is 14.2 Å². The third kappa shape index (κ3) is 3.10. The van der Waals surface area contributed by atoms with Gasteiger partial charge in [-0.15, -0.1) is 11.3 Å². The van der Waals surface area contributed by atoms with Crippen molar-refractivity contribution >= 4 is 23.2 Å². The summed E-state index contributed by atoms with van der Waals surface area (Å²) in [7, 11) is 3.03. The van der Waals surface area contributed by atoms with Crippen LogP contribution in [0.25, 0.3) is 0 Å². The summed E-state index contributed by atoms with van der Waals surface area (Å²) in [4.78, 5) is 29.4. The number of methoxy groups -OCH3 is 1. The first kappa shape index (κ1) is 15.6. The fourth-order valence-electron chi connectivity index (χ4n) is 1.39. The molecular weight excluding hydrogens is 268 g/mol. The minimum atomic E-state index is -1.27. The van der Waals surface area contributed by atoms with Gasteiger partial charge in [0.25, 0.3) is 5.91 Å². The van der Waals surface area contributed by atoms with Gasteiger partial charge >= 0.3 is 5.97 Å². The Morgan fingerprint density at radius 1 is 1.47 bits per heavy atom. The van der Waals surface area contributed by atoms with Crippen LogP contribution in [0, 0.1) is 6.92 Å². The third-order valence-corrected chi connectivity index (χ3v) is 4.09. The number of carboxylic acid groups (broad SMARTS) is 1. The number of likely N-dealkylation sites (N-methyl/N-ethyl adjacent to an activating group) is 1. The summed E-state index contributed by atoms with van der Waals surface area (Å²) in [6, 6.07) is 0. The van der Waals surface area contributed by atoms with Crippen LogP contribution in [0.1, 0.15) is 34.2 Å². The lowest BCUT2D eigenvalue weighted by Crippen LogP contribution is -2.50. The molecule has 0 spiro atoms. The molecule has 0 aromatic carbocycles. The molecule has 0 aliphatic carbocycles. The first-order chi connectivity index (χ1) is 8.71. The smallest absolute Gasteiger partial charge is 0.329 e. The minimum absolute atomic E-state index is 0.338. The van der Waals surface area contributed by atoms with Gasteiger partial charge in [-0.1, -0.05) is 0 Å². The third-order valence-electron chi connectivity index (χ3n) is 2.97. The maximum Gasteiger partial charge on any atom is 0.329 e. The van der Waals surface area contributed by atoms with Crippen molar-refractivity contribution in [2.45, 2.75) is 32.9 Å². The molecule has 0 fully saturated rings. The highest BCUT2D eigenvalue weighted by Crippen LogP contribution is 2.23. The van der Waals surface area contributed by atoms with Crippen molar-refractivity contribution in [3.63, 3.8) is 0 Å². The van der Waals surface area contributed by atoms with E-state index in [1.807, 2.05) is 0 Å². The SMILES string of the molecule is COCc1nc(C)c(C(=O)N(C)C(C)(C)C(=O)O)s1. The zero-order chi connectivity index (χ0) is 14.8. The number of hydrogen-bond donors (Lipinski definition) is 1. The molecule has 0 unspecified atom stereocenters. The molecule has 0 bridgehead atoms. The minimum Gasteiger partial charge on any atom is -0.480 e. The van der Waals surface area contributed by atoms with Crippen molar-refractivity contribution < 1.29 is 19.4 Å². The number of rotatable bonds is 5. The summed E-state index contributed by atoms with van der Waals surface area (Å²) in [5.41, 5.74) is -0.676. The number of aromatic nitrogens is 1. The van der Waals surface area contributed by atoms with Crippen molar-refractivity contribution in [1.82, 2.24) is 9.88 Å². The van der Waals surface area contributed by atoms with E-state index in [4.69, 9.17) is 9.84 Å². The van der Waals surface area contributed by atoms with Gasteiger partial charge in [0, 0.05) is 14.2 Å². The van der Waals surface area contributed by atoms with Gasteiger partial charge in [-0.05, 0) is 20.8 Å². The van der Waals surface area contributed by atoms with Gasteiger partial charge in [0.15, 0.2) is 0 Å². The number of amides is 1. The predicted octanol–water partition coefficient (Wildman–Crippen LogP) is 1.53. The lowest BCUT2D eigenvalue weighted by Gasteiger charge is -2.31. The molecule has 0 saturated heterocycles. The standard InChI is InChI=1S/C12H18N2O4S/c1-7-9(19-8(13-7)6-18-5)10(15)14(4)12(2,3)11(16)17/h6H2,1-5H3,(H,16,17). The molecule has 19 heavy (non-hydrogen) atoms. The Hall–Kier alpha value is -1.47. The Labute approximate surface area is 116 Å². The second-order valence-corrected chi connectivity index (χ2v) is 5.77.